The van der Waals surface area contributed by atoms with E-state index in [9.17, 15) is 14.4 Å². The van der Waals surface area contributed by atoms with Crippen LogP contribution in [0, 0.1) is 0 Å². The molecule has 392 valence electrons. The maximum atomic E-state index is 12.8. The van der Waals surface area contributed by atoms with Crippen LogP contribution in [-0.4, -0.2) is 37.2 Å². The largest absolute Gasteiger partial charge is 0.462 e. The number of hydrogen-bond acceptors (Lipinski definition) is 6. The van der Waals surface area contributed by atoms with E-state index < -0.39 is 6.10 Å². The molecule has 1 atom stereocenters. The highest BCUT2D eigenvalue weighted by molar-refractivity contribution is 5.71. The molecule has 0 aromatic rings. The number of carbonyl (C=O) groups is 3. The van der Waals surface area contributed by atoms with Gasteiger partial charge in [0.25, 0.3) is 0 Å². The summed E-state index contributed by atoms with van der Waals surface area (Å²) in [5.74, 6) is -0.888. The monoisotopic (exact) mass is 949 g/mol. The van der Waals surface area contributed by atoms with Gasteiger partial charge in [0.15, 0.2) is 6.10 Å². The Morgan fingerprint density at radius 1 is 0.309 bits per heavy atom. The second-order valence-corrected chi connectivity index (χ2v) is 19.2. The summed E-state index contributed by atoms with van der Waals surface area (Å²) in [5.41, 5.74) is 0. The van der Waals surface area contributed by atoms with Crippen LogP contribution in [0.2, 0.25) is 0 Å². The minimum Gasteiger partial charge on any atom is -0.462 e. The molecule has 0 heterocycles. The predicted molar refractivity (Wildman–Crippen MR) is 293 cm³/mol. The van der Waals surface area contributed by atoms with Crippen LogP contribution in [0.5, 0.6) is 0 Å². The number of carbonyl (C=O) groups excluding carboxylic acids is 3. The highest BCUT2D eigenvalue weighted by atomic mass is 16.6. The standard InChI is InChI=1S/C62H108O6/c1-4-7-10-13-16-19-22-24-26-27-28-29-30-31-32-33-34-35-37-38-40-43-46-49-52-55-61(64)67-58-59(57-66-60(63)54-51-48-45-42-21-18-15-12-9-6-3)68-62(65)56-53-50-47-44-41-39-36-25-23-20-17-14-11-8-5-2/h7,10,16-17,19-20,24-26,28-29,36,59H,4-6,8-9,11-15,18,21-23,27,30-35,37-58H2,1-3H3/b10-7-,19-16-,20-17-,26-24-,29-28-,36-25-. The Kier molecular flexibility index (Phi) is 53.8. The van der Waals surface area contributed by atoms with Gasteiger partial charge in [0.2, 0.25) is 0 Å². The van der Waals surface area contributed by atoms with Gasteiger partial charge in [0.05, 0.1) is 0 Å². The van der Waals surface area contributed by atoms with E-state index in [2.05, 4.69) is 93.7 Å². The van der Waals surface area contributed by atoms with Crippen LogP contribution in [0.4, 0.5) is 0 Å². The molecule has 6 heteroatoms. The van der Waals surface area contributed by atoms with Gasteiger partial charge in [-0.1, -0.05) is 248 Å². The van der Waals surface area contributed by atoms with Crippen LogP contribution >= 0.6 is 0 Å². The average molecular weight is 950 g/mol. The summed E-state index contributed by atoms with van der Waals surface area (Å²) in [4.78, 5) is 38.1. The molecule has 0 aromatic heterocycles. The van der Waals surface area contributed by atoms with E-state index in [0.29, 0.717) is 19.3 Å². The number of rotatable bonds is 52. The summed E-state index contributed by atoms with van der Waals surface area (Å²) in [6.45, 7) is 6.49. The molecule has 68 heavy (non-hydrogen) atoms. The van der Waals surface area contributed by atoms with Gasteiger partial charge in [-0.3, -0.25) is 14.4 Å². The summed E-state index contributed by atoms with van der Waals surface area (Å²) < 4.78 is 16.8. The molecule has 6 nitrogen and oxygen atoms in total. The second kappa shape index (κ2) is 56.4. The van der Waals surface area contributed by atoms with Crippen molar-refractivity contribution in [1.29, 1.82) is 0 Å². The Morgan fingerprint density at radius 2 is 0.574 bits per heavy atom. The minimum atomic E-state index is -0.780. The van der Waals surface area contributed by atoms with Gasteiger partial charge in [-0.05, 0) is 89.9 Å². The lowest BCUT2D eigenvalue weighted by atomic mass is 10.0. The summed E-state index contributed by atoms with van der Waals surface area (Å²) in [5, 5.41) is 0. The first-order valence-corrected chi connectivity index (χ1v) is 28.9. The van der Waals surface area contributed by atoms with Crippen molar-refractivity contribution < 1.29 is 28.6 Å². The van der Waals surface area contributed by atoms with Crippen LogP contribution < -0.4 is 0 Å². The average Bonchev–Trinajstić information content (AvgIpc) is 3.34. The number of allylic oxidation sites excluding steroid dienone is 12. The Labute approximate surface area is 421 Å². The van der Waals surface area contributed by atoms with Gasteiger partial charge in [0, 0.05) is 19.3 Å². The van der Waals surface area contributed by atoms with E-state index in [4.69, 9.17) is 14.2 Å². The van der Waals surface area contributed by atoms with Crippen LogP contribution in [0.25, 0.3) is 0 Å². The molecule has 0 saturated heterocycles. The number of esters is 3. The lowest BCUT2D eigenvalue weighted by Gasteiger charge is -2.18. The molecule has 0 spiro atoms. The van der Waals surface area contributed by atoms with Gasteiger partial charge >= 0.3 is 17.9 Å². The van der Waals surface area contributed by atoms with Crippen molar-refractivity contribution >= 4 is 17.9 Å². The van der Waals surface area contributed by atoms with Gasteiger partial charge in [-0.2, -0.15) is 0 Å². The topological polar surface area (TPSA) is 78.9 Å². The van der Waals surface area contributed by atoms with Gasteiger partial charge in [-0.25, -0.2) is 0 Å². The summed E-state index contributed by atoms with van der Waals surface area (Å²) in [7, 11) is 0. The van der Waals surface area contributed by atoms with Crippen LogP contribution in [-0.2, 0) is 28.6 Å². The molecule has 1 unspecified atom stereocenters. The quantitative estimate of drug-likeness (QED) is 0.0262. The third-order valence-corrected chi connectivity index (χ3v) is 12.4. The van der Waals surface area contributed by atoms with E-state index >= 15 is 0 Å². The van der Waals surface area contributed by atoms with E-state index in [1.807, 2.05) is 0 Å². The van der Waals surface area contributed by atoms with Crippen molar-refractivity contribution in [3.63, 3.8) is 0 Å². The van der Waals surface area contributed by atoms with E-state index in [1.165, 1.54) is 135 Å². The van der Waals surface area contributed by atoms with E-state index in [-0.39, 0.29) is 31.1 Å². The van der Waals surface area contributed by atoms with Gasteiger partial charge in [-0.15, -0.1) is 0 Å². The smallest absolute Gasteiger partial charge is 0.306 e. The molecule has 0 fully saturated rings. The molecule has 0 rings (SSSR count). The van der Waals surface area contributed by atoms with Crippen molar-refractivity contribution in [1.82, 2.24) is 0 Å². The fourth-order valence-corrected chi connectivity index (χ4v) is 8.11. The molecular formula is C62H108O6. The molecule has 0 aromatic carbocycles. The fourth-order valence-electron chi connectivity index (χ4n) is 8.11. The first kappa shape index (κ1) is 64.8. The maximum Gasteiger partial charge on any atom is 0.306 e. The Morgan fingerprint density at radius 3 is 0.926 bits per heavy atom. The second-order valence-electron chi connectivity index (χ2n) is 19.2. The molecule has 0 amide bonds. The number of hydrogen-bond donors (Lipinski definition) is 0. The molecule has 0 aliphatic carbocycles. The molecule has 0 bridgehead atoms. The highest BCUT2D eigenvalue weighted by Crippen LogP contribution is 2.16. The zero-order valence-electron chi connectivity index (χ0n) is 44.9. The lowest BCUT2D eigenvalue weighted by molar-refractivity contribution is -0.167. The van der Waals surface area contributed by atoms with E-state index in [1.54, 1.807) is 0 Å². The maximum absolute atomic E-state index is 12.8. The lowest BCUT2D eigenvalue weighted by Crippen LogP contribution is -2.30. The SMILES string of the molecule is CC/C=C\C/C=C\C/C=C\C/C=C\CCCCCCCCCCCCCCC(=O)OCC(COC(=O)CCCCCCCCCCCC)OC(=O)CCCCCCC/C=C\C/C=C\CCCCC. The van der Waals surface area contributed by atoms with Crippen LogP contribution in [0.15, 0.2) is 72.9 Å². The van der Waals surface area contributed by atoms with Crippen molar-refractivity contribution in [2.75, 3.05) is 13.2 Å². The van der Waals surface area contributed by atoms with Crippen molar-refractivity contribution in [3.8, 4) is 0 Å². The van der Waals surface area contributed by atoms with Crippen LogP contribution in [0.1, 0.15) is 284 Å². The number of ether oxygens (including phenoxy) is 3. The summed E-state index contributed by atoms with van der Waals surface area (Å²) in [6, 6.07) is 0. The third-order valence-electron chi connectivity index (χ3n) is 12.4. The molecule has 0 radical (unpaired) electrons. The normalized spacial score (nSPS) is 12.6. The Hall–Kier alpha value is -3.15. The first-order chi connectivity index (χ1) is 33.5. The minimum absolute atomic E-state index is 0.0789. The molecule has 0 saturated carbocycles. The van der Waals surface area contributed by atoms with E-state index in [0.717, 1.165) is 109 Å². The van der Waals surface area contributed by atoms with Crippen molar-refractivity contribution in [3.05, 3.63) is 72.9 Å². The summed E-state index contributed by atoms with van der Waals surface area (Å²) >= 11 is 0. The fraction of sp³-hybridized carbons (Fsp3) is 0.758. The number of unbranched alkanes of at least 4 members (excludes halogenated alkanes) is 29. The van der Waals surface area contributed by atoms with Crippen molar-refractivity contribution in [2.45, 2.75) is 290 Å². The molecule has 0 aliphatic heterocycles. The molecular weight excluding hydrogens is 841 g/mol. The van der Waals surface area contributed by atoms with Crippen molar-refractivity contribution in [2.24, 2.45) is 0 Å². The first-order valence-electron chi connectivity index (χ1n) is 28.9. The molecule has 0 aliphatic rings. The third kappa shape index (κ3) is 53.8. The zero-order valence-corrected chi connectivity index (χ0v) is 44.9. The Balaban J connectivity index is 4.24. The van der Waals surface area contributed by atoms with Crippen LogP contribution in [0.3, 0.4) is 0 Å². The predicted octanol–water partition coefficient (Wildman–Crippen LogP) is 19.4. The molecule has 0 N–H and O–H groups in total. The zero-order chi connectivity index (χ0) is 49.3. The Bertz CT molecular complexity index is 1270. The highest BCUT2D eigenvalue weighted by Gasteiger charge is 2.19. The van der Waals surface area contributed by atoms with Gasteiger partial charge < -0.3 is 14.2 Å². The summed E-state index contributed by atoms with van der Waals surface area (Å²) in [6.07, 6.45) is 71.8. The van der Waals surface area contributed by atoms with Gasteiger partial charge in [0.1, 0.15) is 13.2 Å².